The molecule has 0 bridgehead atoms. The van der Waals surface area contributed by atoms with Crippen molar-refractivity contribution in [2.75, 3.05) is 5.32 Å². The van der Waals surface area contributed by atoms with Gasteiger partial charge in [-0.1, -0.05) is 49.2 Å². The Morgan fingerprint density at radius 1 is 1.22 bits per heavy atom. The van der Waals surface area contributed by atoms with Gasteiger partial charge < -0.3 is 9.73 Å². The van der Waals surface area contributed by atoms with E-state index in [9.17, 15) is 4.79 Å². The molecule has 1 atom stereocenters. The summed E-state index contributed by atoms with van der Waals surface area (Å²) >= 11 is 1.30. The molecule has 23 heavy (non-hydrogen) atoms. The highest BCUT2D eigenvalue weighted by atomic mass is 32.2. The van der Waals surface area contributed by atoms with Gasteiger partial charge in [-0.25, -0.2) is 0 Å². The van der Waals surface area contributed by atoms with Gasteiger partial charge in [-0.3, -0.25) is 4.79 Å². The quantitative estimate of drug-likeness (QED) is 0.830. The molecule has 0 unspecified atom stereocenters. The molecule has 1 fully saturated rings. The second-order valence-electron chi connectivity index (χ2n) is 5.86. The molecule has 6 heteroatoms. The van der Waals surface area contributed by atoms with E-state index in [4.69, 9.17) is 4.42 Å². The summed E-state index contributed by atoms with van der Waals surface area (Å²) in [5.41, 5.74) is 0.790. The number of rotatable bonds is 5. The van der Waals surface area contributed by atoms with Crippen molar-refractivity contribution in [2.45, 2.75) is 55.4 Å². The molecular weight excluding hydrogens is 310 g/mol. The van der Waals surface area contributed by atoms with Gasteiger partial charge in [0.25, 0.3) is 5.22 Å². The van der Waals surface area contributed by atoms with Crippen molar-refractivity contribution in [3.05, 3.63) is 36.2 Å². The highest BCUT2D eigenvalue weighted by Crippen LogP contribution is 2.33. The third-order valence-corrected chi connectivity index (χ3v) is 5.00. The Hall–Kier alpha value is -1.82. The van der Waals surface area contributed by atoms with Gasteiger partial charge in [-0.05, 0) is 31.9 Å². The SMILES string of the molecule is C[C@@H](Sc1nnc(C2CCCCC2)o1)C(=O)Nc1ccccc1. The minimum atomic E-state index is -0.296. The summed E-state index contributed by atoms with van der Waals surface area (Å²) in [5.74, 6) is 1.04. The topological polar surface area (TPSA) is 68.0 Å². The number of carbonyl (C=O) groups excluding carboxylic acids is 1. The highest BCUT2D eigenvalue weighted by Gasteiger charge is 2.23. The molecule has 0 radical (unpaired) electrons. The van der Waals surface area contributed by atoms with E-state index in [-0.39, 0.29) is 11.2 Å². The van der Waals surface area contributed by atoms with E-state index in [1.165, 1.54) is 31.0 Å². The van der Waals surface area contributed by atoms with Crippen molar-refractivity contribution in [1.29, 1.82) is 0 Å². The molecule has 1 aliphatic carbocycles. The van der Waals surface area contributed by atoms with E-state index in [1.54, 1.807) is 0 Å². The van der Waals surface area contributed by atoms with Crippen LogP contribution < -0.4 is 5.32 Å². The normalized spacial score (nSPS) is 16.9. The van der Waals surface area contributed by atoms with Crippen molar-refractivity contribution >= 4 is 23.4 Å². The van der Waals surface area contributed by atoms with E-state index in [1.807, 2.05) is 37.3 Å². The lowest BCUT2D eigenvalue weighted by Gasteiger charge is -2.17. The number of amides is 1. The lowest BCUT2D eigenvalue weighted by atomic mass is 9.89. The molecule has 0 spiro atoms. The second-order valence-corrected chi connectivity index (χ2v) is 7.15. The van der Waals surface area contributed by atoms with Crippen molar-refractivity contribution in [2.24, 2.45) is 0 Å². The molecule has 1 saturated carbocycles. The predicted octanol–water partition coefficient (Wildman–Crippen LogP) is 4.24. The van der Waals surface area contributed by atoms with Crippen LogP contribution in [-0.2, 0) is 4.79 Å². The highest BCUT2D eigenvalue weighted by molar-refractivity contribution is 8.00. The molecule has 1 heterocycles. The smallest absolute Gasteiger partial charge is 0.277 e. The molecule has 1 aromatic carbocycles. The molecule has 1 aliphatic rings. The zero-order chi connectivity index (χ0) is 16.1. The van der Waals surface area contributed by atoms with Crippen molar-refractivity contribution in [3.63, 3.8) is 0 Å². The summed E-state index contributed by atoms with van der Waals surface area (Å²) in [6.45, 7) is 1.84. The van der Waals surface area contributed by atoms with E-state index in [2.05, 4.69) is 15.5 Å². The van der Waals surface area contributed by atoms with Gasteiger partial charge in [0.1, 0.15) is 0 Å². The molecule has 1 amide bonds. The van der Waals surface area contributed by atoms with Gasteiger partial charge in [0, 0.05) is 11.6 Å². The van der Waals surface area contributed by atoms with Gasteiger partial charge in [0.2, 0.25) is 11.8 Å². The minimum absolute atomic E-state index is 0.0707. The fourth-order valence-corrected chi connectivity index (χ4v) is 3.44. The summed E-state index contributed by atoms with van der Waals surface area (Å²) in [6.07, 6.45) is 5.99. The average Bonchev–Trinajstić information content (AvgIpc) is 3.05. The van der Waals surface area contributed by atoms with Gasteiger partial charge in [0.15, 0.2) is 0 Å². The molecule has 1 aromatic heterocycles. The van der Waals surface area contributed by atoms with E-state index < -0.39 is 0 Å². The number of carbonyl (C=O) groups is 1. The van der Waals surface area contributed by atoms with E-state index in [0.717, 1.165) is 24.4 Å². The number of thioether (sulfide) groups is 1. The van der Waals surface area contributed by atoms with E-state index >= 15 is 0 Å². The third kappa shape index (κ3) is 4.34. The first-order chi connectivity index (χ1) is 11.2. The summed E-state index contributed by atoms with van der Waals surface area (Å²) in [6, 6.07) is 9.43. The molecule has 122 valence electrons. The largest absolute Gasteiger partial charge is 0.416 e. The summed E-state index contributed by atoms with van der Waals surface area (Å²) in [5, 5.41) is 11.3. The summed E-state index contributed by atoms with van der Waals surface area (Å²) in [7, 11) is 0. The first-order valence-electron chi connectivity index (χ1n) is 8.08. The van der Waals surface area contributed by atoms with Gasteiger partial charge >= 0.3 is 0 Å². The lowest BCUT2D eigenvalue weighted by Crippen LogP contribution is -2.22. The maximum absolute atomic E-state index is 12.2. The molecule has 1 N–H and O–H groups in total. The van der Waals surface area contributed by atoms with Crippen molar-refractivity contribution in [1.82, 2.24) is 10.2 Å². The van der Waals surface area contributed by atoms with Crippen LogP contribution in [0, 0.1) is 0 Å². The van der Waals surface area contributed by atoms with Crippen LogP contribution in [0.5, 0.6) is 0 Å². The van der Waals surface area contributed by atoms with Gasteiger partial charge in [-0.2, -0.15) is 0 Å². The molecule has 5 nitrogen and oxygen atoms in total. The van der Waals surface area contributed by atoms with Crippen LogP contribution in [-0.4, -0.2) is 21.4 Å². The predicted molar refractivity (Wildman–Crippen MR) is 90.5 cm³/mol. The lowest BCUT2D eigenvalue weighted by molar-refractivity contribution is -0.115. The van der Waals surface area contributed by atoms with Crippen molar-refractivity contribution in [3.8, 4) is 0 Å². The number of aromatic nitrogens is 2. The molecular formula is C17H21N3O2S. The number of para-hydroxylation sites is 1. The average molecular weight is 331 g/mol. The van der Waals surface area contributed by atoms with Crippen LogP contribution in [0.2, 0.25) is 0 Å². The number of hydrogen-bond donors (Lipinski definition) is 1. The molecule has 2 aromatic rings. The number of hydrogen-bond acceptors (Lipinski definition) is 5. The van der Waals surface area contributed by atoms with Gasteiger partial charge in [-0.15, -0.1) is 10.2 Å². The molecule has 0 aliphatic heterocycles. The Bertz CT molecular complexity index is 638. The van der Waals surface area contributed by atoms with Crippen molar-refractivity contribution < 1.29 is 9.21 Å². The molecule has 0 saturated heterocycles. The third-order valence-electron chi connectivity index (χ3n) is 4.06. The standard InChI is InChI=1S/C17H21N3O2S/c1-12(15(21)18-14-10-6-3-7-11-14)23-17-20-19-16(22-17)13-8-4-2-5-9-13/h3,6-7,10-13H,2,4-5,8-9H2,1H3,(H,18,21)/t12-/m1/s1. The Kier molecular flexibility index (Phi) is 5.33. The van der Waals surface area contributed by atoms with E-state index in [0.29, 0.717) is 11.1 Å². The van der Waals surface area contributed by atoms with Crippen LogP contribution in [0.4, 0.5) is 5.69 Å². The minimum Gasteiger partial charge on any atom is -0.416 e. The van der Waals surface area contributed by atoms with Crippen LogP contribution in [0.1, 0.15) is 50.8 Å². The van der Waals surface area contributed by atoms with Crippen LogP contribution in [0.3, 0.4) is 0 Å². The zero-order valence-corrected chi connectivity index (χ0v) is 14.0. The monoisotopic (exact) mass is 331 g/mol. The zero-order valence-electron chi connectivity index (χ0n) is 13.2. The molecule has 3 rings (SSSR count). The second kappa shape index (κ2) is 7.64. The fraction of sp³-hybridized carbons (Fsp3) is 0.471. The van der Waals surface area contributed by atoms with Crippen LogP contribution in [0.25, 0.3) is 0 Å². The maximum atomic E-state index is 12.2. The first kappa shape index (κ1) is 16.1. The Morgan fingerprint density at radius 2 is 1.96 bits per heavy atom. The number of nitrogens with zero attached hydrogens (tertiary/aromatic N) is 2. The maximum Gasteiger partial charge on any atom is 0.277 e. The Balaban J connectivity index is 1.56. The van der Waals surface area contributed by atoms with Crippen LogP contribution in [0.15, 0.2) is 40.0 Å². The number of anilines is 1. The number of nitrogens with one attached hydrogen (secondary N) is 1. The Morgan fingerprint density at radius 3 is 2.70 bits per heavy atom. The fourth-order valence-electron chi connectivity index (χ4n) is 2.75. The summed E-state index contributed by atoms with van der Waals surface area (Å²) < 4.78 is 5.75. The number of benzene rings is 1. The Labute approximate surface area is 140 Å². The summed E-state index contributed by atoms with van der Waals surface area (Å²) in [4.78, 5) is 12.2. The first-order valence-corrected chi connectivity index (χ1v) is 8.96. The van der Waals surface area contributed by atoms with Gasteiger partial charge in [0.05, 0.1) is 5.25 Å². The van der Waals surface area contributed by atoms with Crippen LogP contribution >= 0.6 is 11.8 Å².